The number of nitrogens with one attached hydrogen (secondary N) is 1. The Kier molecular flexibility index (Phi) is 4.92. The molecular formula is C22H24F2N6. The van der Waals surface area contributed by atoms with E-state index in [-0.39, 0.29) is 18.8 Å². The van der Waals surface area contributed by atoms with E-state index in [1.54, 1.807) is 10.8 Å². The molecule has 3 aromatic rings. The Morgan fingerprint density at radius 1 is 1.17 bits per heavy atom. The highest BCUT2D eigenvalue weighted by Gasteiger charge is 2.34. The van der Waals surface area contributed by atoms with Crippen LogP contribution in [0.25, 0.3) is 11.2 Å². The van der Waals surface area contributed by atoms with E-state index < -0.39 is 5.92 Å². The quantitative estimate of drug-likeness (QED) is 0.685. The predicted molar refractivity (Wildman–Crippen MR) is 110 cm³/mol. The van der Waals surface area contributed by atoms with Crippen LogP contribution >= 0.6 is 0 Å². The summed E-state index contributed by atoms with van der Waals surface area (Å²) in [6.45, 7) is 0.639. The van der Waals surface area contributed by atoms with Gasteiger partial charge in [-0.2, -0.15) is 5.10 Å². The summed E-state index contributed by atoms with van der Waals surface area (Å²) < 4.78 is 28.5. The average Bonchev–Trinajstić information content (AvgIpc) is 3.11. The van der Waals surface area contributed by atoms with Gasteiger partial charge in [-0.05, 0) is 55.7 Å². The smallest absolute Gasteiger partial charge is 0.248 e. The highest BCUT2D eigenvalue weighted by atomic mass is 19.3. The van der Waals surface area contributed by atoms with Crippen LogP contribution in [0.3, 0.4) is 0 Å². The lowest BCUT2D eigenvalue weighted by Gasteiger charge is -2.28. The maximum atomic E-state index is 13.4. The fourth-order valence-electron chi connectivity index (χ4n) is 4.33. The number of hydrogen-bond donors (Lipinski definition) is 1. The Morgan fingerprint density at radius 3 is 2.90 bits per heavy atom. The third-order valence-electron chi connectivity index (χ3n) is 6.09. The van der Waals surface area contributed by atoms with Crippen LogP contribution in [-0.4, -0.2) is 37.0 Å². The first-order valence-corrected chi connectivity index (χ1v) is 10.6. The zero-order valence-electron chi connectivity index (χ0n) is 16.7. The number of fused-ring (bicyclic) bond motifs is 2. The van der Waals surface area contributed by atoms with Crippen molar-refractivity contribution in [3.8, 4) is 0 Å². The van der Waals surface area contributed by atoms with Gasteiger partial charge in [-0.25, -0.2) is 28.2 Å². The molecule has 3 heterocycles. The van der Waals surface area contributed by atoms with Crippen LogP contribution in [0.5, 0.6) is 0 Å². The molecule has 0 amide bonds. The third kappa shape index (κ3) is 3.91. The second kappa shape index (κ2) is 7.74. The minimum absolute atomic E-state index is 0.0192. The van der Waals surface area contributed by atoms with Crippen molar-refractivity contribution in [2.24, 2.45) is 5.92 Å². The maximum Gasteiger partial charge on any atom is 0.248 e. The Hall–Kier alpha value is -2.90. The summed E-state index contributed by atoms with van der Waals surface area (Å²) in [5.74, 6) is -1.66. The minimum Gasteiger partial charge on any atom is -0.354 e. The lowest BCUT2D eigenvalue weighted by molar-refractivity contribution is -0.0443. The molecule has 0 atom stereocenters. The number of aromatic nitrogens is 5. The molecule has 30 heavy (non-hydrogen) atoms. The van der Waals surface area contributed by atoms with Gasteiger partial charge in [0.2, 0.25) is 11.9 Å². The lowest BCUT2D eigenvalue weighted by Crippen LogP contribution is -2.28. The van der Waals surface area contributed by atoms with Gasteiger partial charge in [0.25, 0.3) is 0 Å². The summed E-state index contributed by atoms with van der Waals surface area (Å²) >= 11 is 0. The van der Waals surface area contributed by atoms with E-state index >= 15 is 0 Å². The van der Waals surface area contributed by atoms with Gasteiger partial charge in [-0.15, -0.1) is 0 Å². The van der Waals surface area contributed by atoms with Gasteiger partial charge in [-0.3, -0.25) is 0 Å². The SMILES string of the molecule is FC1(F)CCC(CNc2ncc3c(n2)CCCC=C3c2ccc3ncnn3c2)CC1. The maximum absolute atomic E-state index is 13.4. The predicted octanol–water partition coefficient (Wildman–Crippen LogP) is 4.52. The number of alkyl halides is 2. The Bertz CT molecular complexity index is 1080. The van der Waals surface area contributed by atoms with Gasteiger partial charge >= 0.3 is 0 Å². The highest BCUT2D eigenvalue weighted by molar-refractivity contribution is 5.81. The third-order valence-corrected chi connectivity index (χ3v) is 6.09. The molecule has 2 aliphatic carbocycles. The number of halogens is 2. The molecule has 0 aliphatic heterocycles. The highest BCUT2D eigenvalue weighted by Crippen LogP contribution is 2.36. The van der Waals surface area contributed by atoms with E-state index in [1.165, 1.54) is 0 Å². The van der Waals surface area contributed by atoms with Crippen LogP contribution in [0.1, 0.15) is 55.3 Å². The van der Waals surface area contributed by atoms with Crippen LogP contribution in [-0.2, 0) is 6.42 Å². The van der Waals surface area contributed by atoms with E-state index in [9.17, 15) is 8.78 Å². The topological polar surface area (TPSA) is 68.0 Å². The van der Waals surface area contributed by atoms with Crippen LogP contribution in [0.15, 0.2) is 36.9 Å². The molecule has 0 unspecified atom stereocenters. The Morgan fingerprint density at radius 2 is 2.03 bits per heavy atom. The van der Waals surface area contributed by atoms with Gasteiger partial charge in [0, 0.05) is 42.9 Å². The van der Waals surface area contributed by atoms with E-state index in [4.69, 9.17) is 4.98 Å². The number of rotatable bonds is 4. The number of allylic oxidation sites excluding steroid dienone is 1. The summed E-state index contributed by atoms with van der Waals surface area (Å²) in [7, 11) is 0. The molecule has 6 nitrogen and oxygen atoms in total. The molecule has 8 heteroatoms. The van der Waals surface area contributed by atoms with E-state index in [2.05, 4.69) is 32.5 Å². The lowest BCUT2D eigenvalue weighted by atomic mass is 9.87. The second-order valence-electron chi connectivity index (χ2n) is 8.22. The molecule has 0 aromatic carbocycles. The summed E-state index contributed by atoms with van der Waals surface area (Å²) in [6, 6.07) is 4.01. The first-order chi connectivity index (χ1) is 14.6. The standard InChI is InChI=1S/C22H24F2N6/c23-22(24)9-7-15(8-10-22)11-25-21-26-12-18-17(3-1-2-4-19(18)29-21)16-5-6-20-27-14-28-30(20)13-16/h3,5-6,12-15H,1-2,4,7-11H2,(H,25,26,29). The molecule has 3 aromatic heterocycles. The van der Waals surface area contributed by atoms with E-state index in [0.717, 1.165) is 47.3 Å². The van der Waals surface area contributed by atoms with Crippen LogP contribution in [0.4, 0.5) is 14.7 Å². The molecule has 2 aliphatic rings. The Labute approximate surface area is 173 Å². The molecule has 0 spiro atoms. The fourth-order valence-corrected chi connectivity index (χ4v) is 4.33. The van der Waals surface area contributed by atoms with Crippen molar-refractivity contribution in [2.45, 2.75) is 50.9 Å². The van der Waals surface area contributed by atoms with Gasteiger partial charge in [0.1, 0.15) is 6.33 Å². The van der Waals surface area contributed by atoms with Crippen molar-refractivity contribution in [3.05, 3.63) is 53.8 Å². The molecule has 0 saturated heterocycles. The molecule has 1 N–H and O–H groups in total. The normalized spacial score (nSPS) is 19.2. The van der Waals surface area contributed by atoms with Gasteiger partial charge in [-0.1, -0.05) is 6.08 Å². The minimum atomic E-state index is -2.49. The van der Waals surface area contributed by atoms with Crippen molar-refractivity contribution in [1.82, 2.24) is 24.6 Å². The first-order valence-electron chi connectivity index (χ1n) is 10.6. The molecule has 0 bridgehead atoms. The molecule has 1 fully saturated rings. The zero-order valence-corrected chi connectivity index (χ0v) is 16.7. The largest absolute Gasteiger partial charge is 0.354 e. The van der Waals surface area contributed by atoms with Gasteiger partial charge in [0.05, 0.1) is 5.69 Å². The van der Waals surface area contributed by atoms with Crippen molar-refractivity contribution in [2.75, 3.05) is 11.9 Å². The monoisotopic (exact) mass is 410 g/mol. The van der Waals surface area contributed by atoms with E-state index in [1.807, 2.05) is 18.5 Å². The molecule has 0 radical (unpaired) electrons. The van der Waals surface area contributed by atoms with Crippen LogP contribution in [0.2, 0.25) is 0 Å². The van der Waals surface area contributed by atoms with Crippen molar-refractivity contribution < 1.29 is 8.78 Å². The number of pyridine rings is 1. The summed E-state index contributed by atoms with van der Waals surface area (Å²) in [5.41, 5.74) is 5.04. The first kappa shape index (κ1) is 19.1. The molecule has 156 valence electrons. The second-order valence-corrected chi connectivity index (χ2v) is 8.22. The van der Waals surface area contributed by atoms with Crippen LogP contribution in [0, 0.1) is 5.92 Å². The molecule has 1 saturated carbocycles. The molecule has 5 rings (SSSR count). The zero-order chi connectivity index (χ0) is 20.6. The van der Waals surface area contributed by atoms with Gasteiger partial charge in [0.15, 0.2) is 5.65 Å². The summed E-state index contributed by atoms with van der Waals surface area (Å²) in [5, 5.41) is 7.51. The van der Waals surface area contributed by atoms with Crippen LogP contribution < -0.4 is 5.32 Å². The average molecular weight is 410 g/mol. The van der Waals surface area contributed by atoms with Gasteiger partial charge < -0.3 is 5.32 Å². The molecular weight excluding hydrogens is 386 g/mol. The summed E-state index contributed by atoms with van der Waals surface area (Å²) in [4.78, 5) is 13.5. The van der Waals surface area contributed by atoms with Crippen molar-refractivity contribution >= 4 is 17.2 Å². The summed E-state index contributed by atoms with van der Waals surface area (Å²) in [6.07, 6.45) is 11.6. The van der Waals surface area contributed by atoms with E-state index in [0.29, 0.717) is 25.3 Å². The Balaban J connectivity index is 1.34. The fraction of sp³-hybridized carbons (Fsp3) is 0.455. The number of aryl methyl sites for hydroxylation is 1. The van der Waals surface area contributed by atoms with Crippen molar-refractivity contribution in [3.63, 3.8) is 0 Å². The number of nitrogens with zero attached hydrogens (tertiary/aromatic N) is 5. The number of anilines is 1. The number of hydrogen-bond acceptors (Lipinski definition) is 5. The van der Waals surface area contributed by atoms with Crippen molar-refractivity contribution in [1.29, 1.82) is 0 Å².